The van der Waals surface area contributed by atoms with E-state index >= 15 is 0 Å². The van der Waals surface area contributed by atoms with Crippen molar-refractivity contribution < 1.29 is 4.92 Å². The quantitative estimate of drug-likeness (QED) is 0.571. The number of hydrogen-bond acceptors (Lipinski definition) is 4. The van der Waals surface area contributed by atoms with Gasteiger partial charge in [0.2, 0.25) is 5.82 Å². The van der Waals surface area contributed by atoms with Crippen LogP contribution in [-0.4, -0.2) is 9.91 Å². The fourth-order valence-corrected chi connectivity index (χ4v) is 2.12. The van der Waals surface area contributed by atoms with E-state index in [1.54, 1.807) is 6.07 Å². The first-order valence-electron chi connectivity index (χ1n) is 6.77. The van der Waals surface area contributed by atoms with Crippen LogP contribution in [0, 0.1) is 10.1 Å². The molecule has 0 spiro atoms. The first-order valence-corrected chi connectivity index (χ1v) is 6.77. The second kappa shape index (κ2) is 6.05. The van der Waals surface area contributed by atoms with E-state index in [2.05, 4.69) is 10.3 Å². The molecule has 0 radical (unpaired) electrons. The first-order chi connectivity index (χ1) is 10.7. The minimum atomic E-state index is -0.437. The van der Waals surface area contributed by atoms with Crippen LogP contribution >= 0.6 is 0 Å². The summed E-state index contributed by atoms with van der Waals surface area (Å²) in [7, 11) is 0. The molecule has 0 aliphatic heterocycles. The van der Waals surface area contributed by atoms with Gasteiger partial charge in [-0.15, -0.1) is 0 Å². The van der Waals surface area contributed by atoms with Crippen molar-refractivity contribution in [3.63, 3.8) is 0 Å². The molecule has 0 atom stereocenters. The second-order valence-electron chi connectivity index (χ2n) is 4.68. The molecule has 0 bridgehead atoms. The molecule has 3 aromatic rings. The Balaban J connectivity index is 2.03. The van der Waals surface area contributed by atoms with Gasteiger partial charge in [0, 0.05) is 17.3 Å². The van der Waals surface area contributed by atoms with Gasteiger partial charge in [-0.1, -0.05) is 48.5 Å². The first kappa shape index (κ1) is 13.8. The van der Waals surface area contributed by atoms with Gasteiger partial charge in [-0.3, -0.25) is 10.1 Å². The lowest BCUT2D eigenvalue weighted by Gasteiger charge is -2.08. The number of rotatable bonds is 4. The van der Waals surface area contributed by atoms with Crippen molar-refractivity contribution in [2.45, 2.75) is 0 Å². The highest BCUT2D eigenvalue weighted by Crippen LogP contribution is 2.29. The number of benzene rings is 2. The summed E-state index contributed by atoms with van der Waals surface area (Å²) in [6.45, 7) is 0. The third-order valence-electron chi connectivity index (χ3n) is 3.18. The van der Waals surface area contributed by atoms with Gasteiger partial charge >= 0.3 is 5.69 Å². The van der Waals surface area contributed by atoms with Crippen molar-refractivity contribution in [3.05, 3.63) is 82.9 Å². The number of anilines is 2. The Morgan fingerprint density at radius 2 is 1.50 bits per heavy atom. The van der Waals surface area contributed by atoms with Crippen LogP contribution in [0.5, 0.6) is 0 Å². The maximum atomic E-state index is 11.2. The number of nitrogens with zero attached hydrogens (tertiary/aromatic N) is 2. The summed E-state index contributed by atoms with van der Waals surface area (Å²) < 4.78 is 0. The molecule has 1 N–H and O–H groups in total. The lowest BCUT2D eigenvalue weighted by molar-refractivity contribution is -0.384. The molecule has 1 heterocycles. The van der Waals surface area contributed by atoms with E-state index in [4.69, 9.17) is 0 Å². The normalized spacial score (nSPS) is 10.2. The molecule has 2 aromatic carbocycles. The Bertz CT molecular complexity index is 790. The Labute approximate surface area is 127 Å². The van der Waals surface area contributed by atoms with E-state index in [-0.39, 0.29) is 11.5 Å². The minimum Gasteiger partial charge on any atom is -0.334 e. The number of hydrogen-bond donors (Lipinski definition) is 1. The highest BCUT2D eigenvalue weighted by molar-refractivity contribution is 5.70. The second-order valence-corrected chi connectivity index (χ2v) is 4.68. The molecule has 0 amide bonds. The highest BCUT2D eigenvalue weighted by Gasteiger charge is 2.16. The van der Waals surface area contributed by atoms with Crippen molar-refractivity contribution in [1.29, 1.82) is 0 Å². The van der Waals surface area contributed by atoms with Crippen LogP contribution < -0.4 is 5.32 Å². The number of aromatic nitrogens is 1. The predicted molar refractivity (Wildman–Crippen MR) is 86.1 cm³/mol. The number of nitrogens with one attached hydrogen (secondary N) is 1. The smallest absolute Gasteiger partial charge is 0.311 e. The number of pyridine rings is 1. The average molecular weight is 291 g/mol. The average Bonchev–Trinajstić information content (AvgIpc) is 2.56. The van der Waals surface area contributed by atoms with E-state index < -0.39 is 4.92 Å². The van der Waals surface area contributed by atoms with Crippen LogP contribution in [0.2, 0.25) is 0 Å². The maximum absolute atomic E-state index is 11.2. The van der Waals surface area contributed by atoms with Gasteiger partial charge in [0.25, 0.3) is 0 Å². The summed E-state index contributed by atoms with van der Waals surface area (Å²) in [4.78, 5) is 15.2. The van der Waals surface area contributed by atoms with Crippen LogP contribution in [0.25, 0.3) is 11.3 Å². The van der Waals surface area contributed by atoms with E-state index in [0.29, 0.717) is 5.69 Å². The van der Waals surface area contributed by atoms with Crippen LogP contribution in [0.1, 0.15) is 0 Å². The Kier molecular flexibility index (Phi) is 3.78. The largest absolute Gasteiger partial charge is 0.334 e. The minimum absolute atomic E-state index is 0.0523. The van der Waals surface area contributed by atoms with Crippen molar-refractivity contribution in [3.8, 4) is 11.3 Å². The summed E-state index contributed by atoms with van der Waals surface area (Å²) in [6.07, 6.45) is 0. The third kappa shape index (κ3) is 2.93. The van der Waals surface area contributed by atoms with Gasteiger partial charge in [0.15, 0.2) is 0 Å². The van der Waals surface area contributed by atoms with Crippen LogP contribution in [0.3, 0.4) is 0 Å². The van der Waals surface area contributed by atoms with Crippen molar-refractivity contribution in [1.82, 2.24) is 4.98 Å². The molecule has 0 fully saturated rings. The van der Waals surface area contributed by atoms with Gasteiger partial charge in [-0.25, -0.2) is 4.98 Å². The monoisotopic (exact) mass is 291 g/mol. The standard InChI is InChI=1S/C17H13N3O2/c21-20(22)16-12-11-15(13-7-3-1-4-8-13)19-17(16)18-14-9-5-2-6-10-14/h1-12H,(H,18,19). The van der Waals surface area contributed by atoms with E-state index in [1.807, 2.05) is 60.7 Å². The zero-order valence-corrected chi connectivity index (χ0v) is 11.6. The maximum Gasteiger partial charge on any atom is 0.311 e. The lowest BCUT2D eigenvalue weighted by atomic mass is 10.1. The zero-order valence-electron chi connectivity index (χ0n) is 11.6. The molecule has 0 saturated carbocycles. The van der Waals surface area contributed by atoms with E-state index in [0.717, 1.165) is 11.3 Å². The molecule has 0 aliphatic carbocycles. The molecule has 0 saturated heterocycles. The van der Waals surface area contributed by atoms with Gasteiger partial charge in [0.05, 0.1) is 10.6 Å². The van der Waals surface area contributed by atoms with Gasteiger partial charge < -0.3 is 5.32 Å². The van der Waals surface area contributed by atoms with Gasteiger partial charge in [-0.2, -0.15) is 0 Å². The van der Waals surface area contributed by atoms with E-state index in [9.17, 15) is 10.1 Å². The molecule has 1 aromatic heterocycles. The van der Waals surface area contributed by atoms with E-state index in [1.165, 1.54) is 6.07 Å². The lowest BCUT2D eigenvalue weighted by Crippen LogP contribution is -2.00. The van der Waals surface area contributed by atoms with Crippen LogP contribution in [0.4, 0.5) is 17.2 Å². The Morgan fingerprint density at radius 1 is 0.864 bits per heavy atom. The summed E-state index contributed by atoms with van der Waals surface area (Å²) >= 11 is 0. The highest BCUT2D eigenvalue weighted by atomic mass is 16.6. The molecule has 22 heavy (non-hydrogen) atoms. The molecular formula is C17H13N3O2. The van der Waals surface area contributed by atoms with Crippen LogP contribution in [-0.2, 0) is 0 Å². The summed E-state index contributed by atoms with van der Waals surface area (Å²) in [5.41, 5.74) is 2.30. The van der Waals surface area contributed by atoms with Crippen molar-refractivity contribution >= 4 is 17.2 Å². The van der Waals surface area contributed by atoms with Crippen LogP contribution in [0.15, 0.2) is 72.8 Å². The SMILES string of the molecule is O=[N+]([O-])c1ccc(-c2ccccc2)nc1Nc1ccccc1. The van der Waals surface area contributed by atoms with Crippen molar-refractivity contribution in [2.24, 2.45) is 0 Å². The topological polar surface area (TPSA) is 68.1 Å². The summed E-state index contributed by atoms with van der Waals surface area (Å²) in [5, 5.41) is 14.2. The fraction of sp³-hybridized carbons (Fsp3) is 0. The predicted octanol–water partition coefficient (Wildman–Crippen LogP) is 4.40. The van der Waals surface area contributed by atoms with Gasteiger partial charge in [-0.05, 0) is 18.2 Å². The zero-order chi connectivity index (χ0) is 15.4. The van der Waals surface area contributed by atoms with Gasteiger partial charge in [0.1, 0.15) is 0 Å². The number of nitro groups is 1. The Hall–Kier alpha value is -3.21. The fourth-order valence-electron chi connectivity index (χ4n) is 2.12. The summed E-state index contributed by atoms with van der Waals surface area (Å²) in [6, 6.07) is 22.0. The third-order valence-corrected chi connectivity index (χ3v) is 3.18. The molecule has 0 aliphatic rings. The molecule has 0 unspecified atom stereocenters. The number of para-hydroxylation sites is 1. The molecule has 5 nitrogen and oxygen atoms in total. The molecular weight excluding hydrogens is 278 g/mol. The Morgan fingerprint density at radius 3 is 2.14 bits per heavy atom. The van der Waals surface area contributed by atoms with Crippen molar-refractivity contribution in [2.75, 3.05) is 5.32 Å². The molecule has 108 valence electrons. The summed E-state index contributed by atoms with van der Waals surface area (Å²) in [5.74, 6) is 0.234. The molecule has 3 rings (SSSR count). The molecule has 5 heteroatoms.